The highest BCUT2D eigenvalue weighted by molar-refractivity contribution is 5.99. The van der Waals surface area contributed by atoms with Crippen molar-refractivity contribution in [3.05, 3.63) is 246 Å². The summed E-state index contributed by atoms with van der Waals surface area (Å²) >= 11 is 0. The van der Waals surface area contributed by atoms with Gasteiger partial charge in [-0.25, -0.2) is 0 Å². The molecule has 0 heterocycles. The summed E-state index contributed by atoms with van der Waals surface area (Å²) < 4.78 is 0. The molecule has 0 amide bonds. The Morgan fingerprint density at radius 2 is 1.02 bits per heavy atom. The summed E-state index contributed by atoms with van der Waals surface area (Å²) in [5.41, 5.74) is 18.5. The molecule has 0 unspecified atom stereocenters. The highest BCUT2D eigenvalue weighted by atomic mass is 15.1. The zero-order valence-corrected chi connectivity index (χ0v) is 36.3. The second-order valence-electron chi connectivity index (χ2n) is 18.1. The van der Waals surface area contributed by atoms with Crippen molar-refractivity contribution in [1.82, 2.24) is 0 Å². The van der Waals surface area contributed by atoms with Gasteiger partial charge in [-0.3, -0.25) is 0 Å². The van der Waals surface area contributed by atoms with Crippen molar-refractivity contribution in [1.29, 1.82) is 0 Å². The first-order valence-corrected chi connectivity index (χ1v) is 23.1. The van der Waals surface area contributed by atoms with Gasteiger partial charge < -0.3 is 4.90 Å². The van der Waals surface area contributed by atoms with Crippen LogP contribution in [0.2, 0.25) is 0 Å². The van der Waals surface area contributed by atoms with Gasteiger partial charge in [0.05, 0.1) is 11.1 Å². The van der Waals surface area contributed by atoms with Crippen molar-refractivity contribution in [2.75, 3.05) is 4.90 Å². The molecular weight excluding hydrogens is 759 g/mol. The highest BCUT2D eigenvalue weighted by Gasteiger charge is 2.47. The Hall–Kier alpha value is -6.96. The van der Waals surface area contributed by atoms with Gasteiger partial charge in [0.2, 0.25) is 0 Å². The van der Waals surface area contributed by atoms with Crippen LogP contribution in [0.3, 0.4) is 0 Å². The van der Waals surface area contributed by atoms with Crippen LogP contribution in [0, 0.1) is 0 Å². The molecule has 0 atom stereocenters. The first kappa shape index (κ1) is 38.9. The van der Waals surface area contributed by atoms with Gasteiger partial charge in [0.1, 0.15) is 0 Å². The van der Waals surface area contributed by atoms with Crippen molar-refractivity contribution >= 4 is 27.8 Å². The zero-order valence-electron chi connectivity index (χ0n) is 36.3. The van der Waals surface area contributed by atoms with Gasteiger partial charge in [-0.2, -0.15) is 0 Å². The molecular formula is C62H53N. The second-order valence-corrected chi connectivity index (χ2v) is 18.1. The van der Waals surface area contributed by atoms with Gasteiger partial charge in [-0.05, 0) is 133 Å². The van der Waals surface area contributed by atoms with Crippen LogP contribution >= 0.6 is 0 Å². The number of hydrogen-bond acceptors (Lipinski definition) is 1. The van der Waals surface area contributed by atoms with E-state index in [2.05, 4.69) is 231 Å². The molecule has 1 heteroatoms. The summed E-state index contributed by atoms with van der Waals surface area (Å²) in [4.78, 5) is 2.51. The van der Waals surface area contributed by atoms with E-state index in [1.165, 1.54) is 110 Å². The Labute approximate surface area is 373 Å². The molecule has 306 valence electrons. The summed E-state index contributed by atoms with van der Waals surface area (Å²) in [5.74, 6) is 1.06. The normalized spacial score (nSPS) is 14.4. The highest BCUT2D eigenvalue weighted by Crippen LogP contribution is 2.59. The molecule has 0 N–H and O–H groups in total. The van der Waals surface area contributed by atoms with Gasteiger partial charge in [-0.15, -0.1) is 0 Å². The molecule has 9 aromatic carbocycles. The van der Waals surface area contributed by atoms with Crippen molar-refractivity contribution in [3.8, 4) is 33.4 Å². The minimum absolute atomic E-state index is 0.360. The summed E-state index contributed by atoms with van der Waals surface area (Å²) in [5, 5.41) is 2.44. The molecule has 63 heavy (non-hydrogen) atoms. The maximum Gasteiger partial charge on any atom is 0.0714 e. The Balaban J connectivity index is 1.15. The van der Waals surface area contributed by atoms with Crippen LogP contribution in [0.1, 0.15) is 91.2 Å². The molecule has 0 saturated heterocycles. The summed E-state index contributed by atoms with van der Waals surface area (Å²) in [6, 6.07) is 79.9. The lowest BCUT2D eigenvalue weighted by Crippen LogP contribution is -2.28. The Morgan fingerprint density at radius 3 is 1.65 bits per heavy atom. The number of hydrogen-bond donors (Lipinski definition) is 0. The van der Waals surface area contributed by atoms with Crippen molar-refractivity contribution < 1.29 is 0 Å². The van der Waals surface area contributed by atoms with E-state index >= 15 is 0 Å². The summed E-state index contributed by atoms with van der Waals surface area (Å²) in [6.07, 6.45) is 6.71. The largest absolute Gasteiger partial charge is 0.310 e. The molecule has 0 spiro atoms. The average Bonchev–Trinajstić information content (AvgIpc) is 3.66. The molecule has 1 nitrogen and oxygen atoms in total. The molecule has 2 aliphatic carbocycles. The molecule has 0 aliphatic heterocycles. The van der Waals surface area contributed by atoms with E-state index in [1.54, 1.807) is 0 Å². The fourth-order valence-electron chi connectivity index (χ4n) is 11.1. The third-order valence-corrected chi connectivity index (χ3v) is 14.1. The lowest BCUT2D eigenvalue weighted by molar-refractivity contribution is 0.443. The Bertz CT molecular complexity index is 2990. The van der Waals surface area contributed by atoms with E-state index in [9.17, 15) is 0 Å². The lowest BCUT2D eigenvalue weighted by atomic mass is 9.67. The first-order chi connectivity index (χ1) is 31.1. The molecule has 1 fully saturated rings. The minimum atomic E-state index is -0.529. The van der Waals surface area contributed by atoms with E-state index in [4.69, 9.17) is 0 Å². The van der Waals surface area contributed by atoms with Crippen LogP contribution in [-0.2, 0) is 5.41 Å². The van der Waals surface area contributed by atoms with Crippen LogP contribution in [0.25, 0.3) is 44.2 Å². The van der Waals surface area contributed by atoms with Crippen LogP contribution < -0.4 is 4.90 Å². The molecule has 1 saturated carbocycles. The average molecular weight is 812 g/mol. The van der Waals surface area contributed by atoms with Crippen molar-refractivity contribution in [2.45, 2.75) is 63.2 Å². The quantitative estimate of drug-likeness (QED) is 0.140. The van der Waals surface area contributed by atoms with E-state index in [1.807, 2.05) is 0 Å². The lowest BCUT2D eigenvalue weighted by Gasteiger charge is -2.35. The number of nitrogens with zero attached hydrogens (tertiary/aromatic N) is 1. The third-order valence-electron chi connectivity index (χ3n) is 14.1. The fourth-order valence-corrected chi connectivity index (χ4v) is 11.1. The molecule has 11 rings (SSSR count). The van der Waals surface area contributed by atoms with Crippen molar-refractivity contribution in [2.24, 2.45) is 0 Å². The SMILES string of the molecule is CC(C)c1cccc2c1-c1ccc(N(c3ccc(-c4ccc(C5CCCCC5)cc4)cc3)c3cc4ccccc4cc3-c3ccccc3)cc1C2(c1ccccc1)c1ccccc1. The standard InChI is InChI=1S/C62H53N/c1-43(2)55-28-17-29-58-61(55)56-39-38-54(42-59(56)62(58,51-24-11-5-12-25-51)52-26-13-6-14-27-52)63(60-41-50-23-16-15-22-49(50)40-57(60)48-20-9-4-10-21-48)53-36-34-47(35-37-53)46-32-30-45(31-33-46)44-18-7-3-8-19-44/h4-6,9-17,20-44H,3,7-8,18-19H2,1-2H3. The zero-order chi connectivity index (χ0) is 42.3. The van der Waals surface area contributed by atoms with Gasteiger partial charge in [-0.1, -0.05) is 209 Å². The number of fused-ring (bicyclic) bond motifs is 4. The van der Waals surface area contributed by atoms with Gasteiger partial charge >= 0.3 is 0 Å². The maximum absolute atomic E-state index is 2.52. The first-order valence-electron chi connectivity index (χ1n) is 23.1. The van der Waals surface area contributed by atoms with E-state index in [-0.39, 0.29) is 0 Å². The van der Waals surface area contributed by atoms with Crippen LogP contribution in [0.4, 0.5) is 17.1 Å². The smallest absolute Gasteiger partial charge is 0.0714 e. The molecule has 2 aliphatic rings. The van der Waals surface area contributed by atoms with Crippen molar-refractivity contribution in [3.63, 3.8) is 0 Å². The summed E-state index contributed by atoms with van der Waals surface area (Å²) in [7, 11) is 0. The fraction of sp³-hybridized carbons (Fsp3) is 0.161. The van der Waals surface area contributed by atoms with Gasteiger partial charge in [0, 0.05) is 16.9 Å². The molecule has 0 bridgehead atoms. The van der Waals surface area contributed by atoms with Crippen LogP contribution in [-0.4, -0.2) is 0 Å². The second kappa shape index (κ2) is 16.4. The minimum Gasteiger partial charge on any atom is -0.310 e. The van der Waals surface area contributed by atoms with Gasteiger partial charge in [0.15, 0.2) is 0 Å². The Kier molecular flexibility index (Phi) is 10.1. The topological polar surface area (TPSA) is 3.24 Å². The van der Waals surface area contributed by atoms with Crippen LogP contribution in [0.5, 0.6) is 0 Å². The predicted molar refractivity (Wildman–Crippen MR) is 267 cm³/mol. The predicted octanol–water partition coefficient (Wildman–Crippen LogP) is 17.2. The number of anilines is 3. The number of rotatable bonds is 9. The maximum atomic E-state index is 2.52. The van der Waals surface area contributed by atoms with Gasteiger partial charge in [0.25, 0.3) is 0 Å². The molecule has 0 radical (unpaired) electrons. The third kappa shape index (κ3) is 6.79. The van der Waals surface area contributed by atoms with E-state index in [0.29, 0.717) is 11.8 Å². The van der Waals surface area contributed by atoms with E-state index < -0.39 is 5.41 Å². The molecule has 0 aromatic heterocycles. The Morgan fingerprint density at radius 1 is 0.444 bits per heavy atom. The monoisotopic (exact) mass is 811 g/mol. The molecule has 9 aromatic rings. The van der Waals surface area contributed by atoms with E-state index in [0.717, 1.165) is 17.1 Å². The van der Waals surface area contributed by atoms with Crippen LogP contribution in [0.15, 0.2) is 212 Å². The summed E-state index contributed by atoms with van der Waals surface area (Å²) in [6.45, 7) is 4.66. The number of benzene rings is 9.